The standard InChI is InChI=1S/C14H11F6N3O3/c1-21-10(13(16,17)18)5-11(24)22-7-4-8-9(3-6(7)15)26-14(19,20)12(25)23(8)2/h3-5,21H,1-2H3,(H,22,24)/b10-5-. The second kappa shape index (κ2) is 6.42. The summed E-state index contributed by atoms with van der Waals surface area (Å²) in [6.45, 7) is 0. The average Bonchev–Trinajstić information content (AvgIpc) is 2.51. The lowest BCUT2D eigenvalue weighted by Crippen LogP contribution is -2.49. The molecule has 1 aromatic rings. The smallest absolute Gasteiger partial charge is 0.423 e. The number of hydrogen-bond donors (Lipinski definition) is 2. The van der Waals surface area contributed by atoms with Crippen LogP contribution in [0.4, 0.5) is 37.7 Å². The number of halogens is 6. The predicted octanol–water partition coefficient (Wildman–Crippen LogP) is 2.38. The fourth-order valence-electron chi connectivity index (χ4n) is 2.07. The van der Waals surface area contributed by atoms with Crippen LogP contribution >= 0.6 is 0 Å². The van der Waals surface area contributed by atoms with Crippen LogP contribution < -0.4 is 20.3 Å². The molecule has 1 aliphatic heterocycles. The molecule has 2 rings (SSSR count). The van der Waals surface area contributed by atoms with E-state index in [2.05, 4.69) is 4.74 Å². The molecule has 2 amide bonds. The van der Waals surface area contributed by atoms with E-state index in [0.29, 0.717) is 11.0 Å². The lowest BCUT2D eigenvalue weighted by atomic mass is 10.2. The quantitative estimate of drug-likeness (QED) is 0.621. The Bertz CT molecular complexity index is 791. The highest BCUT2D eigenvalue weighted by atomic mass is 19.4. The summed E-state index contributed by atoms with van der Waals surface area (Å²) in [7, 11) is 1.90. The van der Waals surface area contributed by atoms with Crippen molar-refractivity contribution in [2.45, 2.75) is 12.3 Å². The zero-order valence-corrected chi connectivity index (χ0v) is 13.2. The second-order valence-corrected chi connectivity index (χ2v) is 5.08. The Balaban J connectivity index is 2.35. The number of alkyl halides is 5. The minimum Gasteiger partial charge on any atom is -0.423 e. The summed E-state index contributed by atoms with van der Waals surface area (Å²) in [5.74, 6) is -4.98. The Labute approximate surface area is 142 Å². The maximum atomic E-state index is 14.0. The van der Waals surface area contributed by atoms with Gasteiger partial charge in [0.15, 0.2) is 11.6 Å². The summed E-state index contributed by atoms with van der Waals surface area (Å²) in [4.78, 5) is 23.6. The molecule has 0 aliphatic carbocycles. The number of fused-ring (bicyclic) bond motifs is 1. The first-order chi connectivity index (χ1) is 11.9. The molecule has 12 heteroatoms. The van der Waals surface area contributed by atoms with Crippen molar-refractivity contribution in [2.24, 2.45) is 0 Å². The van der Waals surface area contributed by atoms with Crippen LogP contribution in [0, 0.1) is 5.82 Å². The first-order valence-corrected chi connectivity index (χ1v) is 6.83. The normalized spacial score (nSPS) is 16.7. The summed E-state index contributed by atoms with van der Waals surface area (Å²) >= 11 is 0. The molecule has 0 aromatic heterocycles. The second-order valence-electron chi connectivity index (χ2n) is 5.08. The van der Waals surface area contributed by atoms with E-state index in [1.165, 1.54) is 0 Å². The van der Waals surface area contributed by atoms with Crippen LogP contribution in [0.15, 0.2) is 23.9 Å². The maximum Gasteiger partial charge on any atom is 0.482 e. The molecular formula is C14H11F6N3O3. The zero-order chi connectivity index (χ0) is 19.9. The van der Waals surface area contributed by atoms with Gasteiger partial charge in [-0.3, -0.25) is 9.59 Å². The summed E-state index contributed by atoms with van der Waals surface area (Å²) in [5.41, 5.74) is -2.31. The van der Waals surface area contributed by atoms with Crippen LogP contribution in [0.3, 0.4) is 0 Å². The fraction of sp³-hybridized carbons (Fsp3) is 0.286. The largest absolute Gasteiger partial charge is 0.482 e. The predicted molar refractivity (Wildman–Crippen MR) is 77.2 cm³/mol. The molecule has 26 heavy (non-hydrogen) atoms. The first-order valence-electron chi connectivity index (χ1n) is 6.83. The Morgan fingerprint density at radius 3 is 2.46 bits per heavy atom. The van der Waals surface area contributed by atoms with Crippen molar-refractivity contribution in [1.82, 2.24) is 5.32 Å². The molecule has 0 spiro atoms. The molecule has 0 atom stereocenters. The van der Waals surface area contributed by atoms with Crippen molar-refractivity contribution in [2.75, 3.05) is 24.3 Å². The van der Waals surface area contributed by atoms with Crippen molar-refractivity contribution in [1.29, 1.82) is 0 Å². The van der Waals surface area contributed by atoms with Crippen LogP contribution in [0.25, 0.3) is 0 Å². The molecule has 0 radical (unpaired) electrons. The number of anilines is 2. The third kappa shape index (κ3) is 3.68. The maximum absolute atomic E-state index is 14.0. The molecule has 2 N–H and O–H groups in total. The first kappa shape index (κ1) is 19.4. The fourth-order valence-corrected chi connectivity index (χ4v) is 2.07. The van der Waals surface area contributed by atoms with E-state index in [1.54, 1.807) is 5.32 Å². The molecule has 0 bridgehead atoms. The highest BCUT2D eigenvalue weighted by molar-refractivity contribution is 6.03. The summed E-state index contributed by atoms with van der Waals surface area (Å²) in [6.07, 6.45) is -8.89. The van der Waals surface area contributed by atoms with Gasteiger partial charge < -0.3 is 20.3 Å². The molecule has 1 aromatic carbocycles. The van der Waals surface area contributed by atoms with Crippen LogP contribution in [0.5, 0.6) is 5.75 Å². The van der Waals surface area contributed by atoms with E-state index in [4.69, 9.17) is 0 Å². The van der Waals surface area contributed by atoms with E-state index < -0.39 is 47.1 Å². The summed E-state index contributed by atoms with van der Waals surface area (Å²) in [6, 6.07) is 1.27. The third-order valence-electron chi connectivity index (χ3n) is 3.31. The third-order valence-corrected chi connectivity index (χ3v) is 3.31. The molecule has 6 nitrogen and oxygen atoms in total. The number of nitrogens with one attached hydrogen (secondary N) is 2. The number of rotatable bonds is 3. The van der Waals surface area contributed by atoms with Gasteiger partial charge in [0.2, 0.25) is 0 Å². The number of benzene rings is 1. The van der Waals surface area contributed by atoms with Gasteiger partial charge >= 0.3 is 18.2 Å². The Morgan fingerprint density at radius 1 is 1.31 bits per heavy atom. The number of allylic oxidation sites excluding steroid dienone is 1. The monoisotopic (exact) mass is 383 g/mol. The van der Waals surface area contributed by atoms with Gasteiger partial charge in [-0.1, -0.05) is 0 Å². The number of ether oxygens (including phenoxy) is 1. The summed E-state index contributed by atoms with van der Waals surface area (Å²) in [5, 5.41) is 3.61. The highest BCUT2D eigenvalue weighted by Crippen LogP contribution is 2.41. The minimum absolute atomic E-state index is 0.151. The molecule has 1 heterocycles. The van der Waals surface area contributed by atoms with Crippen LogP contribution in [0.2, 0.25) is 0 Å². The van der Waals surface area contributed by atoms with E-state index in [-0.39, 0.29) is 11.8 Å². The van der Waals surface area contributed by atoms with Gasteiger partial charge in [-0.25, -0.2) is 4.39 Å². The Morgan fingerprint density at radius 2 is 1.92 bits per heavy atom. The van der Waals surface area contributed by atoms with Crippen LogP contribution in [-0.4, -0.2) is 38.2 Å². The molecular weight excluding hydrogens is 372 g/mol. The van der Waals surface area contributed by atoms with Gasteiger partial charge in [0.05, 0.1) is 11.4 Å². The van der Waals surface area contributed by atoms with Gasteiger partial charge in [0.1, 0.15) is 5.70 Å². The SMILES string of the molecule is CN/C(=C\C(=O)Nc1cc2c(cc1F)OC(F)(F)C(=O)N2C)C(F)(F)F. The minimum atomic E-state index is -4.84. The van der Waals surface area contributed by atoms with Crippen LogP contribution in [-0.2, 0) is 9.59 Å². The zero-order valence-electron chi connectivity index (χ0n) is 13.2. The van der Waals surface area contributed by atoms with E-state index in [1.807, 2.05) is 5.32 Å². The van der Waals surface area contributed by atoms with Gasteiger partial charge in [-0.05, 0) is 6.07 Å². The van der Waals surface area contributed by atoms with Crippen molar-refractivity contribution in [3.05, 3.63) is 29.7 Å². The molecule has 0 fully saturated rings. The number of likely N-dealkylation sites (N-methyl/N-ethyl adjacent to an activating group) is 1. The lowest BCUT2D eigenvalue weighted by Gasteiger charge is -2.31. The molecule has 0 unspecified atom stereocenters. The molecule has 0 saturated carbocycles. The van der Waals surface area contributed by atoms with Crippen molar-refractivity contribution in [3.63, 3.8) is 0 Å². The van der Waals surface area contributed by atoms with Gasteiger partial charge in [0, 0.05) is 26.2 Å². The van der Waals surface area contributed by atoms with Gasteiger partial charge in [-0.2, -0.15) is 22.0 Å². The van der Waals surface area contributed by atoms with Crippen molar-refractivity contribution >= 4 is 23.2 Å². The Hall–Kier alpha value is -2.92. The van der Waals surface area contributed by atoms with Crippen LogP contribution in [0.1, 0.15) is 0 Å². The van der Waals surface area contributed by atoms with Crippen molar-refractivity contribution < 1.29 is 40.7 Å². The number of carbonyl (C=O) groups is 2. The van der Waals surface area contributed by atoms with Gasteiger partial charge in [0.25, 0.3) is 5.91 Å². The van der Waals surface area contributed by atoms with E-state index in [0.717, 1.165) is 20.2 Å². The van der Waals surface area contributed by atoms with Crippen molar-refractivity contribution in [3.8, 4) is 5.75 Å². The number of amides is 2. The Kier molecular flexibility index (Phi) is 4.79. The number of nitrogens with zero attached hydrogens (tertiary/aromatic N) is 1. The topological polar surface area (TPSA) is 70.7 Å². The number of carbonyl (C=O) groups excluding carboxylic acids is 2. The number of hydrogen-bond acceptors (Lipinski definition) is 4. The van der Waals surface area contributed by atoms with Gasteiger partial charge in [-0.15, -0.1) is 0 Å². The lowest BCUT2D eigenvalue weighted by molar-refractivity contribution is -0.192. The summed E-state index contributed by atoms with van der Waals surface area (Å²) < 4.78 is 82.5. The molecule has 1 aliphatic rings. The average molecular weight is 383 g/mol. The molecule has 0 saturated heterocycles. The highest BCUT2D eigenvalue weighted by Gasteiger charge is 2.49. The van der Waals surface area contributed by atoms with E-state index >= 15 is 0 Å². The molecule has 142 valence electrons. The van der Waals surface area contributed by atoms with E-state index in [9.17, 15) is 35.9 Å².